The summed E-state index contributed by atoms with van der Waals surface area (Å²) in [7, 11) is 0. The summed E-state index contributed by atoms with van der Waals surface area (Å²) in [6.45, 7) is 3.52. The van der Waals surface area contributed by atoms with E-state index in [9.17, 15) is 14.7 Å². The van der Waals surface area contributed by atoms with Gasteiger partial charge in [0.05, 0.1) is 10.4 Å². The van der Waals surface area contributed by atoms with E-state index in [4.69, 9.17) is 12.2 Å². The minimum Gasteiger partial charge on any atom is -0.480 e. The molecule has 128 valence electrons. The largest absolute Gasteiger partial charge is 0.480 e. The highest BCUT2D eigenvalue weighted by molar-refractivity contribution is 8.26. The Bertz CT molecular complexity index is 908. The molecule has 2 aromatic rings. The number of carboxylic acid groups (broad SMARTS) is 1. The number of aromatic nitrogens is 1. The van der Waals surface area contributed by atoms with Gasteiger partial charge in [0.2, 0.25) is 0 Å². The van der Waals surface area contributed by atoms with E-state index in [-0.39, 0.29) is 16.1 Å². The molecule has 1 atom stereocenters. The fraction of sp³-hybridized carbons (Fsp3) is 0.222. The number of carboxylic acids is 1. The van der Waals surface area contributed by atoms with Crippen molar-refractivity contribution in [2.75, 3.05) is 0 Å². The Labute approximate surface area is 154 Å². The van der Waals surface area contributed by atoms with Crippen LogP contribution in [0.5, 0.6) is 0 Å². The summed E-state index contributed by atoms with van der Waals surface area (Å²) in [6.07, 6.45) is 3.47. The number of fused-ring (bicyclic) bond motifs is 1. The zero-order chi connectivity index (χ0) is 18.1. The number of amides is 1. The fourth-order valence-corrected chi connectivity index (χ4v) is 4.08. The number of pyridine rings is 1. The van der Waals surface area contributed by atoms with Crippen LogP contribution >= 0.6 is 24.0 Å². The van der Waals surface area contributed by atoms with Crippen LogP contribution in [0.2, 0.25) is 0 Å². The van der Waals surface area contributed by atoms with Crippen LogP contribution in [0, 0.1) is 5.92 Å². The van der Waals surface area contributed by atoms with E-state index in [0.29, 0.717) is 4.91 Å². The average molecular weight is 372 g/mol. The van der Waals surface area contributed by atoms with Gasteiger partial charge in [-0.1, -0.05) is 50.0 Å². The van der Waals surface area contributed by atoms with Crippen LogP contribution in [0.1, 0.15) is 19.4 Å². The van der Waals surface area contributed by atoms with Gasteiger partial charge in [0, 0.05) is 11.6 Å². The van der Waals surface area contributed by atoms with Gasteiger partial charge >= 0.3 is 5.97 Å². The molecule has 0 spiro atoms. The molecule has 3 rings (SSSR count). The number of rotatable bonds is 4. The van der Waals surface area contributed by atoms with Gasteiger partial charge in [0.15, 0.2) is 0 Å². The molecule has 2 heterocycles. The lowest BCUT2D eigenvalue weighted by atomic mass is 10.0. The normalized spacial score (nSPS) is 17.7. The van der Waals surface area contributed by atoms with E-state index in [1.807, 2.05) is 30.3 Å². The predicted molar refractivity (Wildman–Crippen MR) is 103 cm³/mol. The molecule has 0 aliphatic carbocycles. The van der Waals surface area contributed by atoms with Crippen LogP contribution in [-0.4, -0.2) is 37.2 Å². The molecular formula is C18H16N2O3S2. The van der Waals surface area contributed by atoms with Crippen LogP contribution < -0.4 is 0 Å². The molecule has 5 nitrogen and oxygen atoms in total. The summed E-state index contributed by atoms with van der Waals surface area (Å²) >= 11 is 6.39. The van der Waals surface area contributed by atoms with Gasteiger partial charge in [0.1, 0.15) is 10.4 Å². The van der Waals surface area contributed by atoms with Crippen LogP contribution in [0.3, 0.4) is 0 Å². The molecule has 1 N–H and O–H groups in total. The summed E-state index contributed by atoms with van der Waals surface area (Å²) < 4.78 is 0.278. The van der Waals surface area contributed by atoms with Gasteiger partial charge < -0.3 is 5.11 Å². The highest BCUT2D eigenvalue weighted by atomic mass is 32.2. The van der Waals surface area contributed by atoms with Gasteiger partial charge in [-0.15, -0.1) is 0 Å². The molecule has 1 saturated heterocycles. The number of hydrogen-bond donors (Lipinski definition) is 1. The Hall–Kier alpha value is -2.25. The third-order valence-corrected chi connectivity index (χ3v) is 5.24. The van der Waals surface area contributed by atoms with Gasteiger partial charge in [-0.05, 0) is 35.8 Å². The third kappa shape index (κ3) is 3.43. The monoisotopic (exact) mass is 372 g/mol. The van der Waals surface area contributed by atoms with Crippen molar-refractivity contribution in [3.05, 3.63) is 47.0 Å². The molecule has 0 bridgehead atoms. The lowest BCUT2D eigenvalue weighted by Crippen LogP contribution is -2.47. The molecule has 1 aromatic heterocycles. The fourth-order valence-electron chi connectivity index (χ4n) is 2.75. The van der Waals surface area contributed by atoms with E-state index in [0.717, 1.165) is 28.2 Å². The summed E-state index contributed by atoms with van der Waals surface area (Å²) in [6, 6.07) is 8.54. The number of benzene rings is 1. The minimum atomic E-state index is -1.05. The van der Waals surface area contributed by atoms with E-state index in [2.05, 4.69) is 4.98 Å². The van der Waals surface area contributed by atoms with E-state index in [1.54, 1.807) is 26.1 Å². The Morgan fingerprint density at radius 3 is 2.80 bits per heavy atom. The Morgan fingerprint density at radius 1 is 1.36 bits per heavy atom. The number of hydrogen-bond acceptors (Lipinski definition) is 5. The molecule has 1 fully saturated rings. The van der Waals surface area contributed by atoms with E-state index < -0.39 is 12.0 Å². The van der Waals surface area contributed by atoms with E-state index >= 15 is 0 Å². The van der Waals surface area contributed by atoms with Gasteiger partial charge in [-0.25, -0.2) is 4.79 Å². The van der Waals surface area contributed by atoms with Gasteiger partial charge in [0.25, 0.3) is 5.91 Å². The zero-order valence-corrected chi connectivity index (χ0v) is 15.3. The van der Waals surface area contributed by atoms with E-state index in [1.165, 1.54) is 4.90 Å². The molecule has 1 amide bonds. The number of thioether (sulfide) groups is 1. The maximum atomic E-state index is 12.7. The molecule has 0 radical (unpaired) electrons. The van der Waals surface area contributed by atoms with Crippen LogP contribution in [-0.2, 0) is 9.59 Å². The molecule has 7 heteroatoms. The van der Waals surface area contributed by atoms with Gasteiger partial charge in [-0.3, -0.25) is 14.7 Å². The van der Waals surface area contributed by atoms with Crippen molar-refractivity contribution in [1.29, 1.82) is 0 Å². The smallest absolute Gasteiger partial charge is 0.327 e. The topological polar surface area (TPSA) is 70.5 Å². The van der Waals surface area contributed by atoms with Crippen molar-refractivity contribution in [1.82, 2.24) is 9.88 Å². The number of carbonyl (C=O) groups is 2. The molecule has 1 aromatic carbocycles. The standard InChI is InChI=1S/C18H16N2O3S2/c1-10(2)15(17(22)23)20-16(21)14(25-18(20)24)9-11-5-6-13-12(8-11)4-3-7-19-13/h3-10,15H,1-2H3,(H,22,23)/b14-9-. The highest BCUT2D eigenvalue weighted by Crippen LogP contribution is 2.35. The second-order valence-corrected chi connectivity index (χ2v) is 7.71. The Kier molecular flexibility index (Phi) is 4.87. The Morgan fingerprint density at radius 2 is 2.12 bits per heavy atom. The zero-order valence-electron chi connectivity index (χ0n) is 13.7. The summed E-state index contributed by atoms with van der Waals surface area (Å²) in [5.41, 5.74) is 1.72. The Balaban J connectivity index is 1.95. The number of nitrogens with zero attached hydrogens (tertiary/aromatic N) is 2. The van der Waals surface area contributed by atoms with Crippen molar-refractivity contribution >= 4 is 57.2 Å². The second-order valence-electron chi connectivity index (χ2n) is 6.03. The molecule has 1 aliphatic rings. The lowest BCUT2D eigenvalue weighted by molar-refractivity contribution is -0.146. The first-order chi connectivity index (χ1) is 11.9. The quantitative estimate of drug-likeness (QED) is 0.654. The number of thiocarbonyl (C=S) groups is 1. The maximum Gasteiger partial charge on any atom is 0.327 e. The van der Waals surface area contributed by atoms with Crippen molar-refractivity contribution in [3.8, 4) is 0 Å². The van der Waals surface area contributed by atoms with Crippen molar-refractivity contribution in [2.24, 2.45) is 5.92 Å². The average Bonchev–Trinajstić information content (AvgIpc) is 2.82. The number of aliphatic carboxylic acids is 1. The molecule has 1 aliphatic heterocycles. The van der Waals surface area contributed by atoms with Crippen LogP contribution in [0.25, 0.3) is 17.0 Å². The van der Waals surface area contributed by atoms with Crippen molar-refractivity contribution < 1.29 is 14.7 Å². The third-order valence-electron chi connectivity index (χ3n) is 3.91. The SMILES string of the molecule is CC(C)C(C(=O)O)N1C(=O)/C(=C/c2ccc3ncccc3c2)SC1=S. The van der Waals surface area contributed by atoms with Crippen LogP contribution in [0.4, 0.5) is 0 Å². The second kappa shape index (κ2) is 6.93. The minimum absolute atomic E-state index is 0.244. The molecular weight excluding hydrogens is 356 g/mol. The van der Waals surface area contributed by atoms with Crippen molar-refractivity contribution in [2.45, 2.75) is 19.9 Å². The van der Waals surface area contributed by atoms with Gasteiger partial charge in [-0.2, -0.15) is 0 Å². The first-order valence-electron chi connectivity index (χ1n) is 7.73. The summed E-state index contributed by atoms with van der Waals surface area (Å²) in [5, 5.41) is 10.4. The molecule has 0 saturated carbocycles. The molecule has 25 heavy (non-hydrogen) atoms. The first kappa shape index (κ1) is 17.6. The predicted octanol–water partition coefficient (Wildman–Crippen LogP) is 3.55. The molecule has 1 unspecified atom stereocenters. The number of carbonyl (C=O) groups excluding carboxylic acids is 1. The maximum absolute atomic E-state index is 12.7. The lowest BCUT2D eigenvalue weighted by Gasteiger charge is -2.26. The summed E-state index contributed by atoms with van der Waals surface area (Å²) in [4.78, 5) is 30.2. The summed E-state index contributed by atoms with van der Waals surface area (Å²) in [5.74, 6) is -1.65. The highest BCUT2D eigenvalue weighted by Gasteiger charge is 2.41. The first-order valence-corrected chi connectivity index (χ1v) is 8.95. The van der Waals surface area contributed by atoms with Crippen LogP contribution in [0.15, 0.2) is 41.4 Å². The van der Waals surface area contributed by atoms with Crippen molar-refractivity contribution in [3.63, 3.8) is 0 Å².